The third kappa shape index (κ3) is 10.4. The second kappa shape index (κ2) is 17.0. The van der Waals surface area contributed by atoms with Gasteiger partial charge in [-0.15, -0.1) is 0 Å². The van der Waals surface area contributed by atoms with Crippen LogP contribution in [0.1, 0.15) is 43.5 Å². The van der Waals surface area contributed by atoms with E-state index in [0.717, 1.165) is 111 Å². The number of alkyl halides is 2. The van der Waals surface area contributed by atoms with Crippen molar-refractivity contribution in [3.8, 4) is 11.4 Å². The number of nitrogens with zero attached hydrogens (tertiary/aromatic N) is 4. The van der Waals surface area contributed by atoms with Crippen LogP contribution >= 0.6 is 0 Å². The van der Waals surface area contributed by atoms with Crippen LogP contribution in [0, 0.1) is 6.92 Å². The summed E-state index contributed by atoms with van der Waals surface area (Å²) >= 11 is 0. The number of hydrogen-bond acceptors (Lipinski definition) is 6. The van der Waals surface area contributed by atoms with Crippen LogP contribution in [-0.2, 0) is 21.9 Å². The summed E-state index contributed by atoms with van der Waals surface area (Å²) in [6.45, 7) is 10.4. The van der Waals surface area contributed by atoms with Crippen molar-refractivity contribution in [3.63, 3.8) is 0 Å². The second-order valence-corrected chi connectivity index (χ2v) is 10.7. The zero-order valence-electron chi connectivity index (χ0n) is 25.7. The molecule has 236 valence electrons. The van der Waals surface area contributed by atoms with Gasteiger partial charge in [-0.25, -0.2) is 18.7 Å². The minimum Gasteiger partial charge on any atom is -0.372 e. The van der Waals surface area contributed by atoms with Gasteiger partial charge in [0.05, 0.1) is 5.39 Å². The van der Waals surface area contributed by atoms with E-state index >= 15 is 0 Å². The highest BCUT2D eigenvalue weighted by Gasteiger charge is 2.23. The number of piperazine rings is 1. The lowest BCUT2D eigenvalue weighted by Crippen LogP contribution is -2.45. The fourth-order valence-corrected chi connectivity index (χ4v) is 4.80. The highest BCUT2D eigenvalue weighted by atomic mass is 19.3. The maximum atomic E-state index is 13.1. The Bertz CT molecular complexity index is 1430. The maximum absolute atomic E-state index is 13.1. The molecule has 2 aromatic carbocycles. The Hall–Kier alpha value is -4.38. The molecular weight excluding hydrogens is 564 g/mol. The number of anilines is 1. The summed E-state index contributed by atoms with van der Waals surface area (Å²) in [5.41, 5.74) is 8.33. The number of aromatic amines is 1. The highest BCUT2D eigenvalue weighted by Crippen LogP contribution is 2.27. The molecule has 0 unspecified atom stereocenters. The molecule has 3 heterocycles. The summed E-state index contributed by atoms with van der Waals surface area (Å²) < 4.78 is 26.2. The molecule has 1 saturated heterocycles. The molecule has 0 aliphatic carbocycles. The largest absolute Gasteiger partial charge is 0.372 e. The van der Waals surface area contributed by atoms with Crippen molar-refractivity contribution >= 4 is 29.7 Å². The summed E-state index contributed by atoms with van der Waals surface area (Å²) in [5.74, 6) is -1.12. The number of carbonyl (C=O) groups is 2. The first-order valence-electron chi connectivity index (χ1n) is 14.9. The first-order chi connectivity index (χ1) is 21.2. The maximum Gasteiger partial charge on any atom is 0.270 e. The lowest BCUT2D eigenvalue weighted by atomic mass is 10.0. The lowest BCUT2D eigenvalue weighted by molar-refractivity contribution is -0.119. The summed E-state index contributed by atoms with van der Waals surface area (Å²) in [6, 6.07) is 18.7. The van der Waals surface area contributed by atoms with Crippen LogP contribution < -0.4 is 11.1 Å². The van der Waals surface area contributed by atoms with Crippen molar-refractivity contribution < 1.29 is 18.4 Å². The number of primary amides is 1. The fourth-order valence-electron chi connectivity index (χ4n) is 4.80. The van der Waals surface area contributed by atoms with Crippen molar-refractivity contribution in [1.82, 2.24) is 24.8 Å². The van der Waals surface area contributed by atoms with E-state index in [2.05, 4.69) is 43.9 Å². The number of fused-ring (bicyclic) bond motifs is 1. The van der Waals surface area contributed by atoms with E-state index in [9.17, 15) is 13.6 Å². The Balaban J connectivity index is 0.000000221. The minimum absolute atomic E-state index is 0.0660. The molecule has 1 fully saturated rings. The van der Waals surface area contributed by atoms with Gasteiger partial charge in [-0.1, -0.05) is 61.5 Å². The second-order valence-electron chi connectivity index (χ2n) is 10.7. The van der Waals surface area contributed by atoms with Gasteiger partial charge in [-0.05, 0) is 44.4 Å². The van der Waals surface area contributed by atoms with Crippen molar-refractivity contribution in [1.29, 1.82) is 0 Å². The molecule has 44 heavy (non-hydrogen) atoms. The van der Waals surface area contributed by atoms with Gasteiger partial charge < -0.3 is 20.9 Å². The van der Waals surface area contributed by atoms with Crippen molar-refractivity contribution in [2.24, 2.45) is 5.73 Å². The molecule has 5 rings (SSSR count). The number of H-pyrrole nitrogens is 1. The monoisotopic (exact) mass is 607 g/mol. The van der Waals surface area contributed by atoms with Crippen LogP contribution in [0.15, 0.2) is 60.7 Å². The van der Waals surface area contributed by atoms with Gasteiger partial charge in [0.15, 0.2) is 5.82 Å². The third-order valence-electron chi connectivity index (χ3n) is 7.15. The van der Waals surface area contributed by atoms with Gasteiger partial charge >= 0.3 is 0 Å². The minimum atomic E-state index is -2.77. The number of aryl methyl sites for hydroxylation is 2. The SMILES string of the molecule is CC(F)(F)c1ccc(CCCN2CCN(C=O)CC2)cc1.CCCNc1nc(-c2ccccc2)nc2[nH]c(C)cc12.NC=O. The Kier molecular flexibility index (Phi) is 13.2. The number of rotatable bonds is 10. The molecule has 0 saturated carbocycles. The van der Waals surface area contributed by atoms with Gasteiger partial charge in [0.2, 0.25) is 12.8 Å². The number of aromatic nitrogens is 3. The van der Waals surface area contributed by atoms with Gasteiger partial charge in [-0.2, -0.15) is 0 Å². The predicted molar refractivity (Wildman–Crippen MR) is 172 cm³/mol. The van der Waals surface area contributed by atoms with Crippen LogP contribution in [0.5, 0.6) is 0 Å². The molecule has 1 aliphatic heterocycles. The van der Waals surface area contributed by atoms with Crippen LogP contribution in [0.25, 0.3) is 22.4 Å². The van der Waals surface area contributed by atoms with E-state index in [1.165, 1.54) is 12.1 Å². The van der Waals surface area contributed by atoms with E-state index in [1.54, 1.807) is 17.0 Å². The molecule has 0 bridgehead atoms. The fraction of sp³-hybridized carbons (Fsp3) is 0.394. The van der Waals surface area contributed by atoms with E-state index in [0.29, 0.717) is 0 Å². The average Bonchev–Trinajstić information content (AvgIpc) is 3.41. The molecule has 4 N–H and O–H groups in total. The van der Waals surface area contributed by atoms with Crippen molar-refractivity contribution in [2.45, 2.75) is 46.0 Å². The number of halogens is 2. The number of hydrogen-bond donors (Lipinski definition) is 3. The molecule has 11 heteroatoms. The van der Waals surface area contributed by atoms with Crippen LogP contribution in [0.2, 0.25) is 0 Å². The topological polar surface area (TPSA) is 120 Å². The standard InChI is InChI=1S/C16H22F2N2O.C16H18N4.CH3NO/c1-16(17,18)15-6-4-14(5-7-15)3-2-8-19-9-11-20(13-21)12-10-19;1-3-9-17-15-13-10-11(2)18-16(13)20-14(19-15)12-7-5-4-6-8-12;2-1-3/h4-7,13H,2-3,8-12H2,1H3;4-8,10H,3,9H2,1-2H3,(H2,17,18,19,20);1H,(H2,2,3). The summed E-state index contributed by atoms with van der Waals surface area (Å²) in [4.78, 5) is 35.9. The smallest absolute Gasteiger partial charge is 0.270 e. The molecule has 4 aromatic rings. The molecule has 9 nitrogen and oxygen atoms in total. The number of carbonyl (C=O) groups excluding carboxylic acids is 2. The zero-order chi connectivity index (χ0) is 32.0. The zero-order valence-corrected chi connectivity index (χ0v) is 25.7. The molecule has 0 spiro atoms. The van der Waals surface area contributed by atoms with E-state index in [4.69, 9.17) is 4.79 Å². The number of nitrogens with one attached hydrogen (secondary N) is 2. The Morgan fingerprint density at radius 1 is 1.02 bits per heavy atom. The quantitative estimate of drug-likeness (QED) is 0.209. The molecule has 2 aromatic heterocycles. The highest BCUT2D eigenvalue weighted by molar-refractivity contribution is 5.89. The first-order valence-corrected chi connectivity index (χ1v) is 14.9. The van der Waals surface area contributed by atoms with E-state index in [1.807, 2.05) is 37.3 Å². The average molecular weight is 608 g/mol. The van der Waals surface area contributed by atoms with Crippen LogP contribution in [-0.4, -0.2) is 76.8 Å². The number of nitrogens with two attached hydrogens (primary N) is 1. The van der Waals surface area contributed by atoms with Crippen LogP contribution in [0.3, 0.4) is 0 Å². The van der Waals surface area contributed by atoms with Gasteiger partial charge in [-0.3, -0.25) is 14.5 Å². The van der Waals surface area contributed by atoms with Gasteiger partial charge in [0.1, 0.15) is 11.5 Å². The van der Waals surface area contributed by atoms with Crippen molar-refractivity contribution in [2.75, 3.05) is 44.6 Å². The van der Waals surface area contributed by atoms with E-state index < -0.39 is 5.92 Å². The molecule has 0 atom stereocenters. The molecule has 2 amide bonds. The molecule has 0 radical (unpaired) electrons. The number of benzene rings is 2. The first kappa shape index (κ1) is 34.1. The summed E-state index contributed by atoms with van der Waals surface area (Å²) in [7, 11) is 0. The van der Waals surface area contributed by atoms with Gasteiger partial charge in [0.25, 0.3) is 5.92 Å². The Morgan fingerprint density at radius 3 is 2.27 bits per heavy atom. The Morgan fingerprint density at radius 2 is 1.68 bits per heavy atom. The summed E-state index contributed by atoms with van der Waals surface area (Å²) in [5, 5.41) is 4.44. The van der Waals surface area contributed by atoms with Crippen molar-refractivity contribution in [3.05, 3.63) is 77.5 Å². The predicted octanol–water partition coefficient (Wildman–Crippen LogP) is 5.36. The van der Waals surface area contributed by atoms with Gasteiger partial charge in [0, 0.05) is 56.5 Å². The Labute approximate surface area is 257 Å². The third-order valence-corrected chi connectivity index (χ3v) is 7.15. The van der Waals surface area contributed by atoms with Crippen LogP contribution in [0.4, 0.5) is 14.6 Å². The molecular formula is C33H43F2N7O2. The summed E-state index contributed by atoms with van der Waals surface area (Å²) in [6.07, 6.45) is 4.12. The number of amides is 2. The normalized spacial score (nSPS) is 13.3. The van der Waals surface area contributed by atoms with E-state index in [-0.39, 0.29) is 12.0 Å². The lowest BCUT2D eigenvalue weighted by Gasteiger charge is -2.32. The molecule has 1 aliphatic rings.